The van der Waals surface area contributed by atoms with Crippen LogP contribution in [0.2, 0.25) is 0 Å². The van der Waals surface area contributed by atoms with E-state index in [1.807, 2.05) is 76.2 Å². The SMILES string of the molecule is CCC(C)C(=O)Nc1cccc(CNC(=O)c2nnn(-c3ccc(C)cc3)c2C)c1. The Morgan fingerprint density at radius 2 is 1.83 bits per heavy atom. The maximum absolute atomic E-state index is 12.6. The van der Waals surface area contributed by atoms with Gasteiger partial charge in [0.05, 0.1) is 11.4 Å². The first-order valence-electron chi connectivity index (χ1n) is 10.1. The van der Waals surface area contributed by atoms with Gasteiger partial charge < -0.3 is 10.6 Å². The van der Waals surface area contributed by atoms with E-state index in [-0.39, 0.29) is 23.4 Å². The summed E-state index contributed by atoms with van der Waals surface area (Å²) in [5, 5.41) is 14.0. The molecular formula is C23H27N5O2. The van der Waals surface area contributed by atoms with E-state index < -0.39 is 0 Å². The number of hydrogen-bond donors (Lipinski definition) is 2. The van der Waals surface area contributed by atoms with Crippen molar-refractivity contribution < 1.29 is 9.59 Å². The minimum absolute atomic E-state index is 0.0120. The first-order valence-corrected chi connectivity index (χ1v) is 10.1. The molecule has 156 valence electrons. The third-order valence-electron chi connectivity index (χ3n) is 5.10. The van der Waals surface area contributed by atoms with E-state index in [0.717, 1.165) is 23.2 Å². The quantitative estimate of drug-likeness (QED) is 0.626. The van der Waals surface area contributed by atoms with Crippen molar-refractivity contribution in [1.82, 2.24) is 20.3 Å². The van der Waals surface area contributed by atoms with Crippen molar-refractivity contribution in [2.24, 2.45) is 5.92 Å². The van der Waals surface area contributed by atoms with Gasteiger partial charge in [-0.3, -0.25) is 9.59 Å². The normalized spacial score (nSPS) is 11.7. The van der Waals surface area contributed by atoms with Crippen LogP contribution < -0.4 is 10.6 Å². The fraction of sp³-hybridized carbons (Fsp3) is 0.304. The molecule has 0 saturated carbocycles. The number of aromatic nitrogens is 3. The highest BCUT2D eigenvalue weighted by Gasteiger charge is 2.17. The van der Waals surface area contributed by atoms with Gasteiger partial charge in [-0.25, -0.2) is 4.68 Å². The van der Waals surface area contributed by atoms with Gasteiger partial charge in [0.25, 0.3) is 5.91 Å². The summed E-state index contributed by atoms with van der Waals surface area (Å²) in [5.74, 6) is -0.352. The van der Waals surface area contributed by atoms with E-state index in [1.54, 1.807) is 4.68 Å². The summed E-state index contributed by atoms with van der Waals surface area (Å²) in [6.07, 6.45) is 0.782. The highest BCUT2D eigenvalue weighted by Crippen LogP contribution is 2.15. The number of hydrogen-bond acceptors (Lipinski definition) is 4. The number of nitrogens with zero attached hydrogens (tertiary/aromatic N) is 3. The Hall–Kier alpha value is -3.48. The second kappa shape index (κ2) is 9.35. The van der Waals surface area contributed by atoms with Crippen LogP contribution in [0.15, 0.2) is 48.5 Å². The third-order valence-corrected chi connectivity index (χ3v) is 5.10. The monoisotopic (exact) mass is 405 g/mol. The van der Waals surface area contributed by atoms with Gasteiger partial charge in [0, 0.05) is 18.2 Å². The molecule has 0 radical (unpaired) electrons. The van der Waals surface area contributed by atoms with Crippen molar-refractivity contribution in [3.63, 3.8) is 0 Å². The fourth-order valence-electron chi connectivity index (χ4n) is 2.95. The van der Waals surface area contributed by atoms with Crippen LogP contribution >= 0.6 is 0 Å². The highest BCUT2D eigenvalue weighted by molar-refractivity contribution is 5.93. The predicted molar refractivity (Wildman–Crippen MR) is 117 cm³/mol. The zero-order valence-corrected chi connectivity index (χ0v) is 17.8. The first-order chi connectivity index (χ1) is 14.4. The summed E-state index contributed by atoms with van der Waals surface area (Å²) in [6.45, 7) is 8.03. The lowest BCUT2D eigenvalue weighted by molar-refractivity contribution is -0.119. The number of nitrogens with one attached hydrogen (secondary N) is 2. The van der Waals surface area contributed by atoms with Gasteiger partial charge in [-0.2, -0.15) is 0 Å². The predicted octanol–water partition coefficient (Wildman–Crippen LogP) is 3.80. The average molecular weight is 406 g/mol. The molecule has 1 aromatic heterocycles. The van der Waals surface area contributed by atoms with Crippen molar-refractivity contribution in [3.05, 3.63) is 71.0 Å². The van der Waals surface area contributed by atoms with Gasteiger partial charge in [0.2, 0.25) is 5.91 Å². The largest absolute Gasteiger partial charge is 0.347 e. The Balaban J connectivity index is 1.66. The average Bonchev–Trinajstić information content (AvgIpc) is 3.13. The molecule has 30 heavy (non-hydrogen) atoms. The molecule has 3 rings (SSSR count). The van der Waals surface area contributed by atoms with Gasteiger partial charge >= 0.3 is 0 Å². The van der Waals surface area contributed by atoms with Crippen molar-refractivity contribution in [2.45, 2.75) is 40.7 Å². The minimum atomic E-state index is -0.292. The summed E-state index contributed by atoms with van der Waals surface area (Å²) in [6, 6.07) is 15.3. The van der Waals surface area contributed by atoms with Crippen LogP contribution in [0.4, 0.5) is 5.69 Å². The molecule has 0 aliphatic carbocycles. The summed E-state index contributed by atoms with van der Waals surface area (Å²) in [7, 11) is 0. The summed E-state index contributed by atoms with van der Waals surface area (Å²) < 4.78 is 1.65. The maximum Gasteiger partial charge on any atom is 0.274 e. The lowest BCUT2D eigenvalue weighted by Gasteiger charge is -2.11. The molecule has 0 aliphatic rings. The number of rotatable bonds is 7. The van der Waals surface area contributed by atoms with E-state index in [2.05, 4.69) is 20.9 Å². The molecular weight excluding hydrogens is 378 g/mol. The molecule has 0 bridgehead atoms. The molecule has 2 amide bonds. The Morgan fingerprint density at radius 3 is 2.53 bits per heavy atom. The molecule has 0 fully saturated rings. The molecule has 2 N–H and O–H groups in total. The van der Waals surface area contributed by atoms with Crippen LogP contribution in [0.1, 0.15) is 47.6 Å². The van der Waals surface area contributed by atoms with E-state index in [9.17, 15) is 9.59 Å². The second-order valence-electron chi connectivity index (χ2n) is 7.45. The van der Waals surface area contributed by atoms with Crippen molar-refractivity contribution in [3.8, 4) is 5.69 Å². The standard InChI is InChI=1S/C23H27N5O2/c1-5-16(3)22(29)25-19-8-6-7-18(13-19)14-24-23(30)21-17(4)28(27-26-21)20-11-9-15(2)10-12-20/h6-13,16H,5,14H2,1-4H3,(H,24,30)(H,25,29). The first kappa shape index (κ1) is 21.2. The molecule has 7 nitrogen and oxygen atoms in total. The molecule has 2 aromatic carbocycles. The van der Waals surface area contributed by atoms with Crippen LogP contribution in [0.3, 0.4) is 0 Å². The van der Waals surface area contributed by atoms with Gasteiger partial charge in [0.1, 0.15) is 0 Å². The van der Waals surface area contributed by atoms with E-state index >= 15 is 0 Å². The zero-order valence-electron chi connectivity index (χ0n) is 17.8. The summed E-state index contributed by atoms with van der Waals surface area (Å²) >= 11 is 0. The molecule has 0 saturated heterocycles. The summed E-state index contributed by atoms with van der Waals surface area (Å²) in [4.78, 5) is 24.7. The van der Waals surface area contributed by atoms with Gasteiger partial charge in [-0.1, -0.05) is 48.9 Å². The van der Waals surface area contributed by atoms with Gasteiger partial charge in [-0.15, -0.1) is 5.10 Å². The molecule has 1 atom stereocenters. The Kier molecular flexibility index (Phi) is 6.61. The van der Waals surface area contributed by atoms with Crippen molar-refractivity contribution in [1.29, 1.82) is 0 Å². The molecule has 1 unspecified atom stereocenters. The number of anilines is 1. The van der Waals surface area contributed by atoms with E-state index in [4.69, 9.17) is 0 Å². The topological polar surface area (TPSA) is 88.9 Å². The summed E-state index contributed by atoms with van der Waals surface area (Å²) in [5.41, 5.74) is 4.57. The molecule has 1 heterocycles. The Bertz CT molecular complexity index is 1040. The van der Waals surface area contributed by atoms with Crippen molar-refractivity contribution in [2.75, 3.05) is 5.32 Å². The maximum atomic E-state index is 12.6. The lowest BCUT2D eigenvalue weighted by Crippen LogP contribution is -2.24. The zero-order chi connectivity index (χ0) is 21.7. The molecule has 0 aliphatic heterocycles. The van der Waals surface area contributed by atoms with Crippen molar-refractivity contribution >= 4 is 17.5 Å². The second-order valence-corrected chi connectivity index (χ2v) is 7.45. The minimum Gasteiger partial charge on any atom is -0.347 e. The van der Waals surface area contributed by atoms with Gasteiger partial charge in [-0.05, 0) is 50.1 Å². The van der Waals surface area contributed by atoms with Crippen LogP contribution in [-0.2, 0) is 11.3 Å². The van der Waals surface area contributed by atoms with E-state index in [0.29, 0.717) is 17.9 Å². The van der Waals surface area contributed by atoms with Crippen LogP contribution in [-0.4, -0.2) is 26.8 Å². The number of carbonyl (C=O) groups is 2. The molecule has 3 aromatic rings. The molecule has 0 spiro atoms. The van der Waals surface area contributed by atoms with Crippen LogP contribution in [0, 0.1) is 19.8 Å². The highest BCUT2D eigenvalue weighted by atomic mass is 16.2. The fourth-order valence-corrected chi connectivity index (χ4v) is 2.95. The van der Waals surface area contributed by atoms with Gasteiger partial charge in [0.15, 0.2) is 5.69 Å². The Labute approximate surface area is 176 Å². The smallest absolute Gasteiger partial charge is 0.274 e. The van der Waals surface area contributed by atoms with Crippen LogP contribution in [0.25, 0.3) is 5.69 Å². The Morgan fingerprint density at radius 1 is 1.10 bits per heavy atom. The third kappa shape index (κ3) is 4.92. The van der Waals surface area contributed by atoms with Crippen LogP contribution in [0.5, 0.6) is 0 Å². The lowest BCUT2D eigenvalue weighted by atomic mass is 10.1. The molecule has 7 heteroatoms. The number of aryl methyl sites for hydroxylation is 1. The number of carbonyl (C=O) groups excluding carboxylic acids is 2. The van der Waals surface area contributed by atoms with E-state index in [1.165, 1.54) is 0 Å². The number of benzene rings is 2. The number of amides is 2.